The molecular weight excluding hydrogens is 120 g/mol. The van der Waals surface area contributed by atoms with Gasteiger partial charge in [0.05, 0.1) is 12.2 Å². The topological polar surface area (TPSA) is 49.7 Å². The van der Waals surface area contributed by atoms with Crippen LogP contribution in [0.15, 0.2) is 0 Å². The van der Waals surface area contributed by atoms with Gasteiger partial charge in [0.15, 0.2) is 0 Å². The summed E-state index contributed by atoms with van der Waals surface area (Å²) in [6.07, 6.45) is -1.87. The second-order valence-corrected chi connectivity index (χ2v) is 2.53. The lowest BCUT2D eigenvalue weighted by molar-refractivity contribution is 0.0281. The molecule has 9 heavy (non-hydrogen) atoms. The first-order valence-electron chi connectivity index (χ1n) is 3.14. The zero-order valence-electron chi connectivity index (χ0n) is 5.61. The van der Waals surface area contributed by atoms with Crippen LogP contribution in [0.25, 0.3) is 0 Å². The maximum atomic E-state index is 9.06. The molecule has 1 fully saturated rings. The van der Waals surface area contributed by atoms with E-state index >= 15 is 0 Å². The maximum Gasteiger partial charge on any atom is 0.108 e. The Morgan fingerprint density at radius 2 is 1.33 bits per heavy atom. The number of aliphatic hydroxyl groups excluding tert-OH is 2. The van der Waals surface area contributed by atoms with Crippen molar-refractivity contribution < 1.29 is 14.9 Å². The molecule has 3 nitrogen and oxygen atoms in total. The standard InChI is InChI=1S/C6H12O3/c1-3-5(7)6(8)4(2)9-3/h3-8H,1-2H3/t3-,4-,5+,6+/m0/s1. The highest BCUT2D eigenvalue weighted by molar-refractivity contribution is 4.85. The Kier molecular flexibility index (Phi) is 1.75. The zero-order chi connectivity index (χ0) is 7.02. The minimum absolute atomic E-state index is 0.227. The lowest BCUT2D eigenvalue weighted by Crippen LogP contribution is -2.30. The number of rotatable bonds is 0. The highest BCUT2D eigenvalue weighted by atomic mass is 16.5. The summed E-state index contributed by atoms with van der Waals surface area (Å²) in [4.78, 5) is 0. The summed E-state index contributed by atoms with van der Waals surface area (Å²) in [5.74, 6) is 0. The van der Waals surface area contributed by atoms with Gasteiger partial charge in [0.2, 0.25) is 0 Å². The van der Waals surface area contributed by atoms with Crippen molar-refractivity contribution >= 4 is 0 Å². The first-order valence-corrected chi connectivity index (χ1v) is 3.14. The summed E-state index contributed by atoms with van der Waals surface area (Å²) in [7, 11) is 0. The quantitative estimate of drug-likeness (QED) is 0.468. The smallest absolute Gasteiger partial charge is 0.108 e. The lowest BCUT2D eigenvalue weighted by Gasteiger charge is -2.08. The minimum Gasteiger partial charge on any atom is -0.388 e. The summed E-state index contributed by atoms with van der Waals surface area (Å²) in [6, 6.07) is 0. The van der Waals surface area contributed by atoms with Crippen molar-refractivity contribution in [1.29, 1.82) is 0 Å². The Morgan fingerprint density at radius 3 is 1.44 bits per heavy atom. The van der Waals surface area contributed by atoms with Crippen LogP contribution in [0.5, 0.6) is 0 Å². The molecule has 1 aliphatic heterocycles. The molecule has 1 rings (SSSR count). The molecule has 1 saturated heterocycles. The van der Waals surface area contributed by atoms with Gasteiger partial charge in [-0.3, -0.25) is 0 Å². The SMILES string of the molecule is C[C@@H]1O[C@@H](C)[C@@H](O)[C@@H]1O. The molecule has 0 aromatic carbocycles. The molecule has 2 N–H and O–H groups in total. The van der Waals surface area contributed by atoms with E-state index in [9.17, 15) is 0 Å². The van der Waals surface area contributed by atoms with E-state index in [0.29, 0.717) is 0 Å². The third-order valence-electron chi connectivity index (χ3n) is 1.74. The molecule has 0 radical (unpaired) electrons. The Labute approximate surface area is 54.3 Å². The molecule has 1 heterocycles. The van der Waals surface area contributed by atoms with E-state index in [1.165, 1.54) is 0 Å². The van der Waals surface area contributed by atoms with Gasteiger partial charge in [0, 0.05) is 0 Å². The van der Waals surface area contributed by atoms with E-state index in [-0.39, 0.29) is 12.2 Å². The Balaban J connectivity index is 2.54. The average molecular weight is 132 g/mol. The Morgan fingerprint density at radius 1 is 1.00 bits per heavy atom. The Bertz CT molecular complexity index is 92.5. The van der Waals surface area contributed by atoms with Crippen molar-refractivity contribution in [2.75, 3.05) is 0 Å². The van der Waals surface area contributed by atoms with Gasteiger partial charge in [0.1, 0.15) is 12.2 Å². The first-order chi connectivity index (χ1) is 4.13. The molecule has 3 heteroatoms. The third-order valence-corrected chi connectivity index (χ3v) is 1.74. The number of ether oxygens (including phenoxy) is 1. The van der Waals surface area contributed by atoms with Gasteiger partial charge < -0.3 is 14.9 Å². The van der Waals surface area contributed by atoms with E-state index in [4.69, 9.17) is 14.9 Å². The van der Waals surface area contributed by atoms with Gasteiger partial charge in [0.25, 0.3) is 0 Å². The molecule has 0 spiro atoms. The van der Waals surface area contributed by atoms with Crippen molar-refractivity contribution in [3.8, 4) is 0 Å². The lowest BCUT2D eigenvalue weighted by atomic mass is 10.1. The highest BCUT2D eigenvalue weighted by Gasteiger charge is 2.36. The predicted octanol–water partition coefficient (Wildman–Crippen LogP) is -0.485. The van der Waals surface area contributed by atoms with Crippen LogP contribution in [0.4, 0.5) is 0 Å². The van der Waals surface area contributed by atoms with E-state index in [1.54, 1.807) is 13.8 Å². The summed E-state index contributed by atoms with van der Waals surface area (Å²) in [5.41, 5.74) is 0. The van der Waals surface area contributed by atoms with E-state index in [0.717, 1.165) is 0 Å². The van der Waals surface area contributed by atoms with Crippen molar-refractivity contribution in [3.63, 3.8) is 0 Å². The summed E-state index contributed by atoms with van der Waals surface area (Å²) < 4.78 is 5.09. The van der Waals surface area contributed by atoms with Crippen LogP contribution in [-0.4, -0.2) is 34.6 Å². The Hall–Kier alpha value is -0.120. The van der Waals surface area contributed by atoms with Gasteiger partial charge in [-0.1, -0.05) is 0 Å². The highest BCUT2D eigenvalue weighted by Crippen LogP contribution is 2.19. The molecule has 1 aliphatic rings. The van der Waals surface area contributed by atoms with Crippen LogP contribution in [0.2, 0.25) is 0 Å². The largest absolute Gasteiger partial charge is 0.388 e. The number of aliphatic hydroxyl groups is 2. The van der Waals surface area contributed by atoms with E-state index < -0.39 is 12.2 Å². The van der Waals surface area contributed by atoms with Crippen LogP contribution in [0.1, 0.15) is 13.8 Å². The fraction of sp³-hybridized carbons (Fsp3) is 1.00. The molecule has 4 atom stereocenters. The van der Waals surface area contributed by atoms with Gasteiger partial charge in [-0.15, -0.1) is 0 Å². The van der Waals surface area contributed by atoms with Gasteiger partial charge in [-0.2, -0.15) is 0 Å². The summed E-state index contributed by atoms with van der Waals surface area (Å²) in [5, 5.41) is 18.1. The van der Waals surface area contributed by atoms with Gasteiger partial charge in [-0.05, 0) is 13.8 Å². The first kappa shape index (κ1) is 6.99. The molecule has 0 saturated carbocycles. The van der Waals surface area contributed by atoms with Crippen LogP contribution < -0.4 is 0 Å². The monoisotopic (exact) mass is 132 g/mol. The number of hydrogen-bond acceptors (Lipinski definition) is 3. The molecule has 0 aromatic heterocycles. The minimum atomic E-state index is -0.708. The molecule has 54 valence electrons. The molecule has 0 aliphatic carbocycles. The van der Waals surface area contributed by atoms with Gasteiger partial charge >= 0.3 is 0 Å². The normalized spacial score (nSPS) is 52.0. The van der Waals surface area contributed by atoms with Crippen LogP contribution in [0.3, 0.4) is 0 Å². The molecule has 0 bridgehead atoms. The molecule has 0 aromatic rings. The molecule has 0 unspecified atom stereocenters. The van der Waals surface area contributed by atoms with Gasteiger partial charge in [-0.25, -0.2) is 0 Å². The summed E-state index contributed by atoms with van der Waals surface area (Å²) >= 11 is 0. The fourth-order valence-electron chi connectivity index (χ4n) is 1.05. The third kappa shape index (κ3) is 1.08. The second-order valence-electron chi connectivity index (χ2n) is 2.53. The second kappa shape index (κ2) is 2.25. The van der Waals surface area contributed by atoms with Crippen molar-refractivity contribution in [2.24, 2.45) is 0 Å². The van der Waals surface area contributed by atoms with E-state index in [1.807, 2.05) is 0 Å². The van der Waals surface area contributed by atoms with Crippen molar-refractivity contribution in [2.45, 2.75) is 38.3 Å². The summed E-state index contributed by atoms with van der Waals surface area (Å²) in [6.45, 7) is 3.49. The molecule has 0 amide bonds. The molecular formula is C6H12O3. The maximum absolute atomic E-state index is 9.06. The van der Waals surface area contributed by atoms with Crippen LogP contribution in [-0.2, 0) is 4.74 Å². The van der Waals surface area contributed by atoms with Crippen molar-refractivity contribution in [1.82, 2.24) is 0 Å². The fourth-order valence-corrected chi connectivity index (χ4v) is 1.05. The van der Waals surface area contributed by atoms with E-state index in [2.05, 4.69) is 0 Å². The number of hydrogen-bond donors (Lipinski definition) is 2. The van der Waals surface area contributed by atoms with Crippen molar-refractivity contribution in [3.05, 3.63) is 0 Å². The van der Waals surface area contributed by atoms with Crippen LogP contribution in [0, 0.1) is 0 Å². The predicted molar refractivity (Wildman–Crippen MR) is 32.0 cm³/mol. The van der Waals surface area contributed by atoms with Crippen LogP contribution >= 0.6 is 0 Å². The zero-order valence-corrected chi connectivity index (χ0v) is 5.61. The average Bonchev–Trinajstić information content (AvgIpc) is 1.98.